The average Bonchev–Trinajstić information content (AvgIpc) is 2.57. The average molecular weight is 318 g/mol. The Morgan fingerprint density at radius 3 is 2.17 bits per heavy atom. The summed E-state index contributed by atoms with van der Waals surface area (Å²) >= 11 is 0. The molecule has 0 aromatic heterocycles. The van der Waals surface area contributed by atoms with Crippen molar-refractivity contribution in [3.05, 3.63) is 35.4 Å². The van der Waals surface area contributed by atoms with Gasteiger partial charge in [-0.25, -0.2) is 0 Å². The third-order valence-electron chi connectivity index (χ3n) is 5.04. The van der Waals surface area contributed by atoms with Gasteiger partial charge in [0.15, 0.2) is 0 Å². The van der Waals surface area contributed by atoms with Crippen molar-refractivity contribution < 1.29 is 9.90 Å². The Labute approximate surface area is 140 Å². The van der Waals surface area contributed by atoms with Crippen LogP contribution in [-0.2, 0) is 11.2 Å². The van der Waals surface area contributed by atoms with Gasteiger partial charge < -0.3 is 10.0 Å². The van der Waals surface area contributed by atoms with E-state index in [2.05, 4.69) is 24.0 Å². The predicted octanol–water partition coefficient (Wildman–Crippen LogP) is 2.23. The van der Waals surface area contributed by atoms with Crippen LogP contribution in [-0.4, -0.2) is 59.1 Å². The third kappa shape index (κ3) is 5.05. The molecular formula is C19H30N2O2. The lowest BCUT2D eigenvalue weighted by Gasteiger charge is -2.39. The van der Waals surface area contributed by atoms with Gasteiger partial charge in [-0.05, 0) is 25.3 Å². The Balaban J connectivity index is 1.81. The molecule has 0 saturated carbocycles. The molecule has 1 N–H and O–H groups in total. The molecule has 1 aliphatic rings. The summed E-state index contributed by atoms with van der Waals surface area (Å²) in [6.45, 7) is 10.0. The van der Waals surface area contributed by atoms with Gasteiger partial charge in [-0.3, -0.25) is 9.69 Å². The summed E-state index contributed by atoms with van der Waals surface area (Å²) in [5.74, 6) is 0.203. The molecule has 1 aliphatic heterocycles. The lowest BCUT2D eigenvalue weighted by atomic mass is 9.96. The molecular weight excluding hydrogens is 288 g/mol. The Hall–Kier alpha value is -1.39. The minimum atomic E-state index is -0.589. The molecule has 1 aromatic carbocycles. The third-order valence-corrected chi connectivity index (χ3v) is 5.04. The van der Waals surface area contributed by atoms with Gasteiger partial charge in [0.25, 0.3) is 0 Å². The molecule has 4 nitrogen and oxygen atoms in total. The molecule has 1 saturated heterocycles. The van der Waals surface area contributed by atoms with Gasteiger partial charge in [0, 0.05) is 32.7 Å². The van der Waals surface area contributed by atoms with E-state index in [1.807, 2.05) is 30.9 Å². The second kappa shape index (κ2) is 7.93. The fourth-order valence-corrected chi connectivity index (χ4v) is 3.04. The van der Waals surface area contributed by atoms with E-state index in [-0.39, 0.29) is 5.91 Å². The van der Waals surface area contributed by atoms with Crippen molar-refractivity contribution in [1.82, 2.24) is 9.80 Å². The first-order valence-electron chi connectivity index (χ1n) is 8.74. The molecule has 0 bridgehead atoms. The van der Waals surface area contributed by atoms with Gasteiger partial charge in [0.1, 0.15) is 0 Å². The van der Waals surface area contributed by atoms with Crippen molar-refractivity contribution in [2.75, 3.05) is 32.7 Å². The van der Waals surface area contributed by atoms with Crippen LogP contribution < -0.4 is 0 Å². The Kier molecular flexibility index (Phi) is 6.19. The molecule has 0 atom stereocenters. The Morgan fingerprint density at radius 2 is 1.65 bits per heavy atom. The van der Waals surface area contributed by atoms with Crippen LogP contribution >= 0.6 is 0 Å². The van der Waals surface area contributed by atoms with Crippen LogP contribution in [0.15, 0.2) is 24.3 Å². The number of carbonyl (C=O) groups excluding carboxylic acids is 1. The summed E-state index contributed by atoms with van der Waals surface area (Å²) in [4.78, 5) is 16.6. The molecule has 128 valence electrons. The number of aryl methyl sites for hydroxylation is 1. The summed E-state index contributed by atoms with van der Waals surface area (Å²) in [6.07, 6.45) is 2.03. The number of rotatable bonds is 6. The molecule has 1 fully saturated rings. The van der Waals surface area contributed by atoms with Gasteiger partial charge >= 0.3 is 0 Å². The van der Waals surface area contributed by atoms with Crippen LogP contribution in [0, 0.1) is 6.92 Å². The van der Waals surface area contributed by atoms with E-state index >= 15 is 0 Å². The van der Waals surface area contributed by atoms with Crippen LogP contribution in [0.3, 0.4) is 0 Å². The molecule has 0 radical (unpaired) electrons. The van der Waals surface area contributed by atoms with Crippen molar-refractivity contribution in [3.8, 4) is 0 Å². The van der Waals surface area contributed by atoms with E-state index in [0.29, 0.717) is 13.0 Å². The van der Waals surface area contributed by atoms with Crippen molar-refractivity contribution in [2.45, 2.75) is 45.6 Å². The molecule has 4 heteroatoms. The molecule has 23 heavy (non-hydrogen) atoms. The SMILES string of the molecule is CCC(O)(CC)CN1CCN(C(=O)Cc2ccc(C)cc2)CC1. The van der Waals surface area contributed by atoms with Crippen LogP contribution in [0.5, 0.6) is 0 Å². The van der Waals surface area contributed by atoms with Gasteiger partial charge in [0.05, 0.1) is 12.0 Å². The maximum Gasteiger partial charge on any atom is 0.227 e. The monoisotopic (exact) mass is 318 g/mol. The first kappa shape index (κ1) is 18.0. The zero-order valence-corrected chi connectivity index (χ0v) is 14.7. The number of piperazine rings is 1. The Morgan fingerprint density at radius 1 is 1.09 bits per heavy atom. The summed E-state index contributed by atoms with van der Waals surface area (Å²) < 4.78 is 0. The number of amides is 1. The number of carbonyl (C=O) groups is 1. The molecule has 1 aromatic rings. The number of benzene rings is 1. The summed E-state index contributed by atoms with van der Waals surface area (Å²) in [5, 5.41) is 10.5. The summed E-state index contributed by atoms with van der Waals surface area (Å²) in [7, 11) is 0. The van der Waals surface area contributed by atoms with E-state index in [1.54, 1.807) is 0 Å². The second-order valence-corrected chi connectivity index (χ2v) is 6.75. The fourth-order valence-electron chi connectivity index (χ4n) is 3.04. The lowest BCUT2D eigenvalue weighted by Crippen LogP contribution is -2.53. The highest BCUT2D eigenvalue weighted by atomic mass is 16.3. The van der Waals surface area contributed by atoms with Crippen LogP contribution in [0.4, 0.5) is 0 Å². The molecule has 0 spiro atoms. The normalized spacial score (nSPS) is 16.6. The van der Waals surface area contributed by atoms with Gasteiger partial charge in [-0.2, -0.15) is 0 Å². The van der Waals surface area contributed by atoms with Crippen molar-refractivity contribution >= 4 is 5.91 Å². The van der Waals surface area contributed by atoms with E-state index in [1.165, 1.54) is 5.56 Å². The molecule has 1 amide bonds. The molecule has 0 aliphatic carbocycles. The largest absolute Gasteiger partial charge is 0.389 e. The molecule has 2 rings (SSSR count). The second-order valence-electron chi connectivity index (χ2n) is 6.75. The van der Waals surface area contributed by atoms with Gasteiger partial charge in [-0.1, -0.05) is 43.7 Å². The smallest absolute Gasteiger partial charge is 0.227 e. The van der Waals surface area contributed by atoms with E-state index < -0.39 is 5.60 Å². The number of β-amino-alcohol motifs (C(OH)–C–C–N with tert-alkyl or cyclic N) is 1. The minimum Gasteiger partial charge on any atom is -0.389 e. The highest BCUT2D eigenvalue weighted by Gasteiger charge is 2.28. The highest BCUT2D eigenvalue weighted by Crippen LogP contribution is 2.18. The van der Waals surface area contributed by atoms with Gasteiger partial charge in [-0.15, -0.1) is 0 Å². The molecule has 0 unspecified atom stereocenters. The van der Waals surface area contributed by atoms with Crippen LogP contribution in [0.25, 0.3) is 0 Å². The van der Waals surface area contributed by atoms with Crippen molar-refractivity contribution in [3.63, 3.8) is 0 Å². The number of aliphatic hydroxyl groups is 1. The summed E-state index contributed by atoms with van der Waals surface area (Å²) in [5.41, 5.74) is 1.71. The van der Waals surface area contributed by atoms with E-state index in [4.69, 9.17) is 0 Å². The maximum absolute atomic E-state index is 12.4. The first-order valence-corrected chi connectivity index (χ1v) is 8.74. The summed E-state index contributed by atoms with van der Waals surface area (Å²) in [6, 6.07) is 8.17. The zero-order valence-electron chi connectivity index (χ0n) is 14.7. The number of hydrogen-bond acceptors (Lipinski definition) is 3. The standard InChI is InChI=1S/C19H30N2O2/c1-4-19(23,5-2)15-20-10-12-21(13-11-20)18(22)14-17-8-6-16(3)7-9-17/h6-9,23H,4-5,10-15H2,1-3H3. The van der Waals surface area contributed by atoms with Crippen LogP contribution in [0.2, 0.25) is 0 Å². The van der Waals surface area contributed by atoms with Crippen LogP contribution in [0.1, 0.15) is 37.8 Å². The van der Waals surface area contributed by atoms with E-state index in [9.17, 15) is 9.90 Å². The zero-order chi connectivity index (χ0) is 16.9. The number of nitrogens with zero attached hydrogens (tertiary/aromatic N) is 2. The van der Waals surface area contributed by atoms with E-state index in [0.717, 1.165) is 44.6 Å². The van der Waals surface area contributed by atoms with Crippen molar-refractivity contribution in [1.29, 1.82) is 0 Å². The number of hydrogen-bond donors (Lipinski definition) is 1. The topological polar surface area (TPSA) is 43.8 Å². The fraction of sp³-hybridized carbons (Fsp3) is 0.632. The predicted molar refractivity (Wildman–Crippen MR) is 93.4 cm³/mol. The quantitative estimate of drug-likeness (QED) is 0.875. The Bertz CT molecular complexity index is 501. The van der Waals surface area contributed by atoms with Crippen molar-refractivity contribution in [2.24, 2.45) is 0 Å². The lowest BCUT2D eigenvalue weighted by molar-refractivity contribution is -0.132. The minimum absolute atomic E-state index is 0.203. The highest BCUT2D eigenvalue weighted by molar-refractivity contribution is 5.78. The molecule has 1 heterocycles. The van der Waals surface area contributed by atoms with Gasteiger partial charge in [0.2, 0.25) is 5.91 Å². The maximum atomic E-state index is 12.4. The first-order chi connectivity index (χ1) is 11.0.